The fourth-order valence-electron chi connectivity index (χ4n) is 2.28. The maximum absolute atomic E-state index is 10.3. The third kappa shape index (κ3) is 3.78. The molecule has 0 saturated heterocycles. The van der Waals surface area contributed by atoms with Crippen LogP contribution in [0, 0.1) is 0 Å². The monoisotopic (exact) mass is 326 g/mol. The Morgan fingerprint density at radius 3 is 2.39 bits per heavy atom. The average Bonchev–Trinajstić information content (AvgIpc) is 3.11. The summed E-state index contributed by atoms with van der Waals surface area (Å²) in [6, 6.07) is 19.5. The van der Waals surface area contributed by atoms with Gasteiger partial charge in [0.05, 0.1) is 17.0 Å². The van der Waals surface area contributed by atoms with Crippen LogP contribution in [0.5, 0.6) is 0 Å². The number of rotatable bonds is 6. The van der Waals surface area contributed by atoms with Gasteiger partial charge in [-0.15, -0.1) is 16.9 Å². The molecule has 118 valence electrons. The van der Waals surface area contributed by atoms with Crippen LogP contribution >= 0.6 is 11.8 Å². The minimum absolute atomic E-state index is 0.0727. The number of tetrazole rings is 1. The van der Waals surface area contributed by atoms with E-state index in [1.54, 1.807) is 16.4 Å². The first-order chi connectivity index (χ1) is 11.3. The van der Waals surface area contributed by atoms with E-state index in [9.17, 15) is 5.11 Å². The van der Waals surface area contributed by atoms with E-state index in [0.29, 0.717) is 5.75 Å². The molecular formula is C17H18N4OS. The Morgan fingerprint density at radius 1 is 1.04 bits per heavy atom. The molecule has 1 aromatic heterocycles. The molecule has 0 amide bonds. The van der Waals surface area contributed by atoms with Crippen molar-refractivity contribution in [1.29, 1.82) is 0 Å². The number of para-hydroxylation sites is 1. The Bertz CT molecular complexity index is 733. The van der Waals surface area contributed by atoms with Gasteiger partial charge in [0.1, 0.15) is 0 Å². The van der Waals surface area contributed by atoms with E-state index in [2.05, 4.69) is 15.5 Å². The van der Waals surface area contributed by atoms with Crippen LogP contribution in [0.4, 0.5) is 0 Å². The van der Waals surface area contributed by atoms with Crippen LogP contribution in [0.2, 0.25) is 0 Å². The minimum atomic E-state index is -0.496. The second kappa shape index (κ2) is 7.39. The van der Waals surface area contributed by atoms with Crippen molar-refractivity contribution in [3.05, 3.63) is 72.1 Å². The molecule has 3 aromatic rings. The number of benzene rings is 2. The van der Waals surface area contributed by atoms with Gasteiger partial charge in [-0.05, 0) is 35.0 Å². The SMILES string of the molecule is C[C@H](SC[C@H](O)c1ccccc1)c1nnnn1-c1ccccc1. The highest BCUT2D eigenvalue weighted by Gasteiger charge is 2.18. The maximum Gasteiger partial charge on any atom is 0.169 e. The molecule has 0 aliphatic carbocycles. The standard InChI is InChI=1S/C17H18N4OS/c1-13(23-12-16(22)14-8-4-2-5-9-14)17-18-19-20-21(17)15-10-6-3-7-11-15/h2-11,13,16,22H,12H2,1H3/t13-,16-/m0/s1. The lowest BCUT2D eigenvalue weighted by Gasteiger charge is -2.15. The van der Waals surface area contributed by atoms with Crippen LogP contribution in [0.3, 0.4) is 0 Å². The van der Waals surface area contributed by atoms with Crippen molar-refractivity contribution < 1.29 is 5.11 Å². The Balaban J connectivity index is 1.68. The van der Waals surface area contributed by atoms with Crippen LogP contribution in [-0.2, 0) is 0 Å². The van der Waals surface area contributed by atoms with Gasteiger partial charge in [-0.1, -0.05) is 48.5 Å². The largest absolute Gasteiger partial charge is 0.388 e. The van der Waals surface area contributed by atoms with E-state index in [1.807, 2.05) is 67.6 Å². The lowest BCUT2D eigenvalue weighted by atomic mass is 10.1. The molecule has 1 N–H and O–H groups in total. The van der Waals surface area contributed by atoms with Crippen LogP contribution in [0.25, 0.3) is 5.69 Å². The summed E-state index contributed by atoms with van der Waals surface area (Å²) in [5, 5.41) is 22.4. The number of hydrogen-bond acceptors (Lipinski definition) is 5. The highest BCUT2D eigenvalue weighted by molar-refractivity contribution is 7.99. The van der Waals surface area contributed by atoms with Gasteiger partial charge in [-0.25, -0.2) is 0 Å². The van der Waals surface area contributed by atoms with Crippen molar-refractivity contribution in [2.75, 3.05) is 5.75 Å². The number of aliphatic hydroxyl groups excluding tert-OH is 1. The van der Waals surface area contributed by atoms with Crippen LogP contribution in [0.15, 0.2) is 60.7 Å². The molecule has 0 saturated carbocycles. The first-order valence-electron chi connectivity index (χ1n) is 7.44. The second-order valence-corrected chi connectivity index (χ2v) is 6.56. The summed E-state index contributed by atoms with van der Waals surface area (Å²) in [5.41, 5.74) is 1.86. The number of thioether (sulfide) groups is 1. The summed E-state index contributed by atoms with van der Waals surface area (Å²) in [6.45, 7) is 2.05. The molecule has 0 unspecified atom stereocenters. The van der Waals surface area contributed by atoms with Gasteiger partial charge in [0, 0.05) is 5.75 Å². The number of aliphatic hydroxyl groups is 1. The Morgan fingerprint density at radius 2 is 1.70 bits per heavy atom. The molecule has 6 heteroatoms. The normalized spacial score (nSPS) is 13.7. The third-order valence-electron chi connectivity index (χ3n) is 3.55. The predicted octanol–water partition coefficient (Wildman–Crippen LogP) is 3.19. The topological polar surface area (TPSA) is 63.8 Å². The zero-order valence-electron chi connectivity index (χ0n) is 12.8. The lowest BCUT2D eigenvalue weighted by molar-refractivity contribution is 0.204. The first kappa shape index (κ1) is 15.7. The quantitative estimate of drug-likeness (QED) is 0.753. The van der Waals surface area contributed by atoms with Crippen molar-refractivity contribution >= 4 is 11.8 Å². The zero-order valence-corrected chi connectivity index (χ0v) is 13.6. The highest BCUT2D eigenvalue weighted by Crippen LogP contribution is 2.31. The molecule has 3 rings (SSSR count). The fourth-order valence-corrected chi connectivity index (χ4v) is 3.24. The Labute approximate surface area is 139 Å². The summed E-state index contributed by atoms with van der Waals surface area (Å²) in [6.07, 6.45) is -0.496. The van der Waals surface area contributed by atoms with Gasteiger partial charge in [0.25, 0.3) is 0 Å². The third-order valence-corrected chi connectivity index (χ3v) is 4.77. The summed E-state index contributed by atoms with van der Waals surface area (Å²) >= 11 is 1.63. The van der Waals surface area contributed by atoms with Crippen molar-refractivity contribution in [3.8, 4) is 5.69 Å². The van der Waals surface area contributed by atoms with Gasteiger partial charge in [-0.3, -0.25) is 0 Å². The zero-order chi connectivity index (χ0) is 16.1. The summed E-state index contributed by atoms with van der Waals surface area (Å²) in [4.78, 5) is 0. The van der Waals surface area contributed by atoms with Crippen LogP contribution in [0.1, 0.15) is 29.7 Å². The first-order valence-corrected chi connectivity index (χ1v) is 8.49. The molecule has 2 aromatic carbocycles. The molecule has 1 heterocycles. The van der Waals surface area contributed by atoms with Gasteiger partial charge in [-0.2, -0.15) is 4.68 Å². The van der Waals surface area contributed by atoms with E-state index in [4.69, 9.17) is 0 Å². The van der Waals surface area contributed by atoms with Gasteiger partial charge in [0.15, 0.2) is 5.82 Å². The van der Waals surface area contributed by atoms with E-state index >= 15 is 0 Å². The minimum Gasteiger partial charge on any atom is -0.388 e. The smallest absolute Gasteiger partial charge is 0.169 e. The molecule has 2 atom stereocenters. The predicted molar refractivity (Wildman–Crippen MR) is 91.4 cm³/mol. The van der Waals surface area contributed by atoms with E-state index in [0.717, 1.165) is 17.1 Å². The molecule has 0 spiro atoms. The van der Waals surface area contributed by atoms with Crippen LogP contribution < -0.4 is 0 Å². The van der Waals surface area contributed by atoms with Gasteiger partial charge in [0.2, 0.25) is 0 Å². The van der Waals surface area contributed by atoms with Crippen molar-refractivity contribution in [1.82, 2.24) is 20.2 Å². The summed E-state index contributed by atoms with van der Waals surface area (Å²) < 4.78 is 1.74. The number of hydrogen-bond donors (Lipinski definition) is 1. The molecule has 0 aliphatic heterocycles. The molecule has 0 fully saturated rings. The number of nitrogens with zero attached hydrogens (tertiary/aromatic N) is 4. The Kier molecular flexibility index (Phi) is 5.05. The van der Waals surface area contributed by atoms with Crippen molar-refractivity contribution in [2.24, 2.45) is 0 Å². The van der Waals surface area contributed by atoms with E-state index in [-0.39, 0.29) is 5.25 Å². The summed E-state index contributed by atoms with van der Waals surface area (Å²) in [5.74, 6) is 1.37. The summed E-state index contributed by atoms with van der Waals surface area (Å²) in [7, 11) is 0. The molecule has 0 aliphatic rings. The number of aromatic nitrogens is 4. The molecular weight excluding hydrogens is 308 g/mol. The van der Waals surface area contributed by atoms with Crippen molar-refractivity contribution in [3.63, 3.8) is 0 Å². The second-order valence-electron chi connectivity index (χ2n) is 5.19. The average molecular weight is 326 g/mol. The molecule has 0 bridgehead atoms. The van der Waals surface area contributed by atoms with Crippen molar-refractivity contribution in [2.45, 2.75) is 18.3 Å². The molecule has 0 radical (unpaired) electrons. The highest BCUT2D eigenvalue weighted by atomic mass is 32.2. The maximum atomic E-state index is 10.3. The Hall–Kier alpha value is -2.18. The van der Waals surface area contributed by atoms with Gasteiger partial charge >= 0.3 is 0 Å². The molecule has 23 heavy (non-hydrogen) atoms. The van der Waals surface area contributed by atoms with E-state index < -0.39 is 6.10 Å². The lowest BCUT2D eigenvalue weighted by Crippen LogP contribution is -2.07. The van der Waals surface area contributed by atoms with Gasteiger partial charge < -0.3 is 5.11 Å². The fraction of sp³-hybridized carbons (Fsp3) is 0.235. The van der Waals surface area contributed by atoms with Crippen LogP contribution in [-0.4, -0.2) is 31.1 Å². The van der Waals surface area contributed by atoms with E-state index in [1.165, 1.54) is 0 Å². The molecule has 5 nitrogen and oxygen atoms in total.